The number of nitrogens with zero attached hydrogens (tertiary/aromatic N) is 3. The SMILES string of the molecule is O=C(NCc1ccc(-c2ccco2)nc1)c1ccc2nccnc2c1. The van der Waals surface area contributed by atoms with Crippen LogP contribution in [0.15, 0.2) is 71.7 Å². The van der Waals surface area contributed by atoms with Crippen LogP contribution >= 0.6 is 0 Å². The predicted octanol–water partition coefficient (Wildman–Crippen LogP) is 3.21. The molecule has 0 saturated heterocycles. The molecule has 0 bridgehead atoms. The Kier molecular flexibility index (Phi) is 3.92. The largest absolute Gasteiger partial charge is 0.463 e. The van der Waals surface area contributed by atoms with Gasteiger partial charge in [0.15, 0.2) is 5.76 Å². The number of benzene rings is 1. The minimum atomic E-state index is -0.164. The van der Waals surface area contributed by atoms with Crippen LogP contribution in [0.5, 0.6) is 0 Å². The van der Waals surface area contributed by atoms with Crippen LogP contribution < -0.4 is 5.32 Å². The standard InChI is InChI=1S/C19H14N4O2/c24-19(14-4-6-15-17(10-14)21-8-7-20-15)23-12-13-3-5-16(22-11-13)18-2-1-9-25-18/h1-11H,12H2,(H,23,24). The molecule has 6 heteroatoms. The van der Waals surface area contributed by atoms with Gasteiger partial charge in [0.2, 0.25) is 0 Å². The second-order valence-corrected chi connectivity index (χ2v) is 5.47. The van der Waals surface area contributed by atoms with Gasteiger partial charge in [-0.3, -0.25) is 19.7 Å². The molecule has 1 N–H and O–H groups in total. The van der Waals surface area contributed by atoms with E-state index in [-0.39, 0.29) is 5.91 Å². The second kappa shape index (κ2) is 6.52. The van der Waals surface area contributed by atoms with Gasteiger partial charge in [-0.25, -0.2) is 0 Å². The molecule has 0 fully saturated rings. The van der Waals surface area contributed by atoms with E-state index in [2.05, 4.69) is 20.3 Å². The van der Waals surface area contributed by atoms with Crippen LogP contribution in [0.1, 0.15) is 15.9 Å². The number of fused-ring (bicyclic) bond motifs is 1. The van der Waals surface area contributed by atoms with Crippen LogP contribution in [0.2, 0.25) is 0 Å². The van der Waals surface area contributed by atoms with E-state index in [1.165, 1.54) is 0 Å². The van der Waals surface area contributed by atoms with Crippen LogP contribution in [0.3, 0.4) is 0 Å². The lowest BCUT2D eigenvalue weighted by molar-refractivity contribution is 0.0951. The van der Waals surface area contributed by atoms with Crippen molar-refractivity contribution in [3.8, 4) is 11.5 Å². The smallest absolute Gasteiger partial charge is 0.251 e. The molecule has 0 aliphatic rings. The molecule has 0 saturated carbocycles. The van der Waals surface area contributed by atoms with Gasteiger partial charge in [-0.2, -0.15) is 0 Å². The second-order valence-electron chi connectivity index (χ2n) is 5.47. The Morgan fingerprint density at radius 2 is 1.88 bits per heavy atom. The number of aromatic nitrogens is 3. The summed E-state index contributed by atoms with van der Waals surface area (Å²) in [7, 11) is 0. The third kappa shape index (κ3) is 3.23. The fourth-order valence-corrected chi connectivity index (χ4v) is 2.49. The van der Waals surface area contributed by atoms with Crippen molar-refractivity contribution < 1.29 is 9.21 Å². The first-order chi connectivity index (χ1) is 12.3. The van der Waals surface area contributed by atoms with Crippen LogP contribution in [0.4, 0.5) is 0 Å². The zero-order valence-corrected chi connectivity index (χ0v) is 13.2. The summed E-state index contributed by atoms with van der Waals surface area (Å²) >= 11 is 0. The lowest BCUT2D eigenvalue weighted by Gasteiger charge is -2.06. The normalized spacial score (nSPS) is 10.7. The van der Waals surface area contributed by atoms with Gasteiger partial charge in [-0.05, 0) is 42.0 Å². The highest BCUT2D eigenvalue weighted by Crippen LogP contribution is 2.17. The molecule has 4 rings (SSSR count). The van der Waals surface area contributed by atoms with Gasteiger partial charge in [0, 0.05) is 30.7 Å². The average Bonchev–Trinajstić information content (AvgIpc) is 3.21. The summed E-state index contributed by atoms with van der Waals surface area (Å²) in [6.07, 6.45) is 6.57. The van der Waals surface area contributed by atoms with Gasteiger partial charge in [-0.1, -0.05) is 6.07 Å². The zero-order chi connectivity index (χ0) is 17.1. The monoisotopic (exact) mass is 330 g/mol. The molecule has 0 aliphatic heterocycles. The minimum Gasteiger partial charge on any atom is -0.463 e. The van der Waals surface area contributed by atoms with Crippen molar-refractivity contribution >= 4 is 16.9 Å². The Morgan fingerprint density at radius 1 is 1.00 bits per heavy atom. The molecule has 0 spiro atoms. The van der Waals surface area contributed by atoms with Gasteiger partial charge >= 0.3 is 0 Å². The highest BCUT2D eigenvalue weighted by Gasteiger charge is 2.08. The number of hydrogen-bond acceptors (Lipinski definition) is 5. The maximum Gasteiger partial charge on any atom is 0.251 e. The summed E-state index contributed by atoms with van der Waals surface area (Å²) in [6, 6.07) is 12.7. The van der Waals surface area contributed by atoms with E-state index in [1.54, 1.807) is 43.1 Å². The van der Waals surface area contributed by atoms with Gasteiger partial charge in [0.25, 0.3) is 5.91 Å². The van der Waals surface area contributed by atoms with Crippen LogP contribution in [-0.2, 0) is 6.54 Å². The molecule has 122 valence electrons. The molecule has 3 aromatic heterocycles. The maximum atomic E-state index is 12.3. The summed E-state index contributed by atoms with van der Waals surface area (Å²) in [4.78, 5) is 25.1. The fourth-order valence-electron chi connectivity index (χ4n) is 2.49. The van der Waals surface area contributed by atoms with Crippen molar-refractivity contribution in [2.24, 2.45) is 0 Å². The van der Waals surface area contributed by atoms with Gasteiger partial charge in [0.05, 0.1) is 17.3 Å². The van der Waals surface area contributed by atoms with Gasteiger partial charge < -0.3 is 9.73 Å². The molecule has 0 aliphatic carbocycles. The first-order valence-electron chi connectivity index (χ1n) is 7.77. The fraction of sp³-hybridized carbons (Fsp3) is 0.0526. The van der Waals surface area contributed by atoms with Crippen molar-refractivity contribution in [1.29, 1.82) is 0 Å². The maximum absolute atomic E-state index is 12.3. The number of hydrogen-bond donors (Lipinski definition) is 1. The number of pyridine rings is 1. The Labute approximate surface area is 143 Å². The topological polar surface area (TPSA) is 80.9 Å². The number of nitrogens with one attached hydrogen (secondary N) is 1. The highest BCUT2D eigenvalue weighted by molar-refractivity contribution is 5.97. The van der Waals surface area contributed by atoms with Crippen molar-refractivity contribution in [1.82, 2.24) is 20.3 Å². The van der Waals surface area contributed by atoms with E-state index in [1.807, 2.05) is 24.3 Å². The molecule has 4 aromatic rings. The van der Waals surface area contributed by atoms with Crippen LogP contribution in [-0.4, -0.2) is 20.9 Å². The third-order valence-electron chi connectivity index (χ3n) is 3.78. The van der Waals surface area contributed by atoms with Crippen LogP contribution in [0, 0.1) is 0 Å². The Bertz CT molecular complexity index is 1010. The van der Waals surface area contributed by atoms with Crippen molar-refractivity contribution in [3.05, 3.63) is 78.4 Å². The third-order valence-corrected chi connectivity index (χ3v) is 3.78. The van der Waals surface area contributed by atoms with E-state index < -0.39 is 0 Å². The first kappa shape index (κ1) is 15.0. The number of rotatable bonds is 4. The Hall–Kier alpha value is -3.54. The summed E-state index contributed by atoms with van der Waals surface area (Å²) in [5, 5.41) is 2.88. The van der Waals surface area contributed by atoms with E-state index in [0.29, 0.717) is 23.4 Å². The average molecular weight is 330 g/mol. The molecule has 3 heterocycles. The molecule has 1 amide bonds. The summed E-state index contributed by atoms with van der Waals surface area (Å²) in [5.41, 5.74) is 3.67. The van der Waals surface area contributed by atoms with Gasteiger partial charge in [0.1, 0.15) is 5.69 Å². The number of carbonyl (C=O) groups is 1. The Balaban J connectivity index is 1.44. The lowest BCUT2D eigenvalue weighted by atomic mass is 10.1. The lowest BCUT2D eigenvalue weighted by Crippen LogP contribution is -2.22. The van der Waals surface area contributed by atoms with Crippen molar-refractivity contribution in [2.75, 3.05) is 0 Å². The number of amides is 1. The van der Waals surface area contributed by atoms with Gasteiger partial charge in [-0.15, -0.1) is 0 Å². The molecule has 0 unspecified atom stereocenters. The molecular weight excluding hydrogens is 316 g/mol. The minimum absolute atomic E-state index is 0.164. The van der Waals surface area contributed by atoms with Crippen molar-refractivity contribution in [3.63, 3.8) is 0 Å². The highest BCUT2D eigenvalue weighted by atomic mass is 16.3. The molecule has 1 aromatic carbocycles. The molecular formula is C19H14N4O2. The summed E-state index contributed by atoms with van der Waals surface area (Å²) in [5.74, 6) is 0.551. The van der Waals surface area contributed by atoms with E-state index in [9.17, 15) is 4.79 Å². The summed E-state index contributed by atoms with van der Waals surface area (Å²) < 4.78 is 5.31. The zero-order valence-electron chi connectivity index (χ0n) is 13.2. The van der Waals surface area contributed by atoms with E-state index >= 15 is 0 Å². The molecule has 0 radical (unpaired) electrons. The quantitative estimate of drug-likeness (QED) is 0.621. The molecule has 0 atom stereocenters. The van der Waals surface area contributed by atoms with Crippen molar-refractivity contribution in [2.45, 2.75) is 6.54 Å². The summed E-state index contributed by atoms with van der Waals surface area (Å²) in [6.45, 7) is 0.392. The number of carbonyl (C=O) groups excluding carboxylic acids is 1. The van der Waals surface area contributed by atoms with Crippen LogP contribution in [0.25, 0.3) is 22.5 Å². The first-order valence-corrected chi connectivity index (χ1v) is 7.77. The van der Waals surface area contributed by atoms with E-state index in [4.69, 9.17) is 4.42 Å². The Morgan fingerprint density at radius 3 is 2.64 bits per heavy atom. The predicted molar refractivity (Wildman–Crippen MR) is 92.6 cm³/mol. The molecule has 6 nitrogen and oxygen atoms in total. The molecule has 25 heavy (non-hydrogen) atoms. The van der Waals surface area contributed by atoms with E-state index in [0.717, 1.165) is 16.8 Å². The number of furan rings is 1.